The summed E-state index contributed by atoms with van der Waals surface area (Å²) < 4.78 is 38.3. The number of carbonyl (C=O) groups excluding carboxylic acids is 3. The largest absolute Gasteiger partial charge is 0.449 e. The average molecular weight is 469 g/mol. The van der Waals surface area contributed by atoms with E-state index in [1.165, 1.54) is 19.1 Å². The van der Waals surface area contributed by atoms with Gasteiger partial charge in [0.15, 0.2) is 17.1 Å². The van der Waals surface area contributed by atoms with Crippen LogP contribution in [-0.4, -0.2) is 45.5 Å². The van der Waals surface area contributed by atoms with Crippen LogP contribution in [0, 0.1) is 28.6 Å². The molecule has 4 aliphatic rings. The van der Waals surface area contributed by atoms with E-state index in [9.17, 15) is 19.5 Å². The fourth-order valence-corrected chi connectivity index (χ4v) is 8.01. The summed E-state index contributed by atoms with van der Waals surface area (Å²) in [6.07, 6.45) is 0.619. The molecule has 0 aromatic heterocycles. The molecule has 2 unspecified atom stereocenters. The second-order valence-corrected chi connectivity index (χ2v) is 10.8. The molecule has 9 atom stereocenters. The number of fused-ring (bicyclic) bond motifs is 5. The van der Waals surface area contributed by atoms with Crippen molar-refractivity contribution in [1.82, 2.24) is 0 Å². The van der Waals surface area contributed by atoms with Crippen molar-refractivity contribution >= 4 is 29.5 Å². The summed E-state index contributed by atoms with van der Waals surface area (Å²) in [4.78, 5) is 37.2. The van der Waals surface area contributed by atoms with Gasteiger partial charge in [-0.2, -0.15) is 0 Å². The quantitative estimate of drug-likeness (QED) is 0.488. The van der Waals surface area contributed by atoms with Crippen molar-refractivity contribution in [3.63, 3.8) is 0 Å². The number of halogens is 2. The minimum absolute atomic E-state index is 0.0476. The Morgan fingerprint density at radius 3 is 2.53 bits per heavy atom. The molecule has 176 valence electrons. The average Bonchev–Trinajstić information content (AvgIpc) is 2.93. The number of aliphatic hydroxyl groups excluding tert-OH is 1. The van der Waals surface area contributed by atoms with Crippen LogP contribution in [0.2, 0.25) is 0 Å². The number of rotatable bonds is 3. The second-order valence-electron chi connectivity index (χ2n) is 10.4. The van der Waals surface area contributed by atoms with Gasteiger partial charge >= 0.3 is 5.97 Å². The Bertz CT molecular complexity index is 949. The molecule has 0 aliphatic heterocycles. The van der Waals surface area contributed by atoms with Crippen LogP contribution in [0.5, 0.6) is 0 Å². The minimum atomic E-state index is -2.24. The molecule has 32 heavy (non-hydrogen) atoms. The lowest BCUT2D eigenvalue weighted by atomic mass is 9.44. The van der Waals surface area contributed by atoms with Gasteiger partial charge in [-0.15, -0.1) is 12.6 Å². The summed E-state index contributed by atoms with van der Waals surface area (Å²) in [5.41, 5.74) is -6.46. The van der Waals surface area contributed by atoms with Crippen LogP contribution in [0.25, 0.3) is 0 Å². The molecule has 0 amide bonds. The SMILES string of the molecule is CCC(=O)OC1(C(=O)S)[C@H](C)C[C@H]2[C@@H]3C[C@H](F)C4=CC(=O)C=C[C@]4(C)C3(F)[C@@H](O)C[C@@]21C. The predicted octanol–water partition coefficient (Wildman–Crippen LogP) is 3.70. The van der Waals surface area contributed by atoms with E-state index in [0.717, 1.165) is 6.08 Å². The number of carbonyl (C=O) groups is 3. The van der Waals surface area contributed by atoms with Crippen LogP contribution >= 0.6 is 12.6 Å². The molecule has 4 rings (SSSR count). The van der Waals surface area contributed by atoms with E-state index >= 15 is 8.78 Å². The van der Waals surface area contributed by atoms with Crippen molar-refractivity contribution in [3.05, 3.63) is 23.8 Å². The molecule has 0 bridgehead atoms. The standard InChI is InChI=1S/C24H30F2O5S/c1-5-19(29)31-24(20(30)32)12(2)8-14-15-10-17(25)16-9-13(27)6-7-21(16,3)23(15,26)18(28)11-22(14,24)4/h6-7,9,12,14-15,17-18,28H,5,8,10-11H2,1-4H3,(H,30,32)/t12-,14+,15+,17+,18+,21+,22+,23?,24?/m1/s1. The van der Waals surface area contributed by atoms with Gasteiger partial charge in [-0.05, 0) is 49.8 Å². The molecule has 3 saturated carbocycles. The van der Waals surface area contributed by atoms with Gasteiger partial charge in [0.25, 0.3) is 0 Å². The highest BCUT2D eigenvalue weighted by molar-refractivity contribution is 7.96. The number of aliphatic hydroxyl groups is 1. The highest BCUT2D eigenvalue weighted by atomic mass is 32.1. The van der Waals surface area contributed by atoms with Crippen LogP contribution in [0.3, 0.4) is 0 Å². The van der Waals surface area contributed by atoms with Crippen LogP contribution < -0.4 is 0 Å². The zero-order valence-electron chi connectivity index (χ0n) is 18.7. The number of alkyl halides is 2. The number of thiol groups is 1. The van der Waals surface area contributed by atoms with E-state index in [1.54, 1.807) is 20.8 Å². The zero-order chi connectivity index (χ0) is 23.9. The lowest BCUT2D eigenvalue weighted by Gasteiger charge is -2.63. The van der Waals surface area contributed by atoms with Crippen molar-refractivity contribution in [1.29, 1.82) is 0 Å². The van der Waals surface area contributed by atoms with Crippen LogP contribution in [0.15, 0.2) is 23.8 Å². The molecule has 0 aromatic rings. The molecular formula is C24H30F2O5S. The predicted molar refractivity (Wildman–Crippen MR) is 116 cm³/mol. The Hall–Kier alpha value is -1.54. The molecule has 3 fully saturated rings. The lowest BCUT2D eigenvalue weighted by molar-refractivity contribution is -0.228. The maximum Gasteiger partial charge on any atom is 0.306 e. The molecule has 1 N–H and O–H groups in total. The third-order valence-corrected chi connectivity index (χ3v) is 9.38. The minimum Gasteiger partial charge on any atom is -0.449 e. The Kier molecular flexibility index (Phi) is 5.33. The summed E-state index contributed by atoms with van der Waals surface area (Å²) in [6.45, 7) is 6.62. The van der Waals surface area contributed by atoms with Crippen molar-refractivity contribution in [2.45, 2.75) is 76.9 Å². The van der Waals surface area contributed by atoms with Gasteiger partial charge in [0, 0.05) is 29.1 Å². The Morgan fingerprint density at radius 2 is 1.94 bits per heavy atom. The van der Waals surface area contributed by atoms with E-state index in [2.05, 4.69) is 12.6 Å². The molecule has 0 radical (unpaired) electrons. The van der Waals surface area contributed by atoms with Crippen LogP contribution in [-0.2, 0) is 19.1 Å². The first kappa shape index (κ1) is 23.6. The maximum absolute atomic E-state index is 17.1. The van der Waals surface area contributed by atoms with Crippen molar-refractivity contribution in [3.8, 4) is 0 Å². The molecule has 0 heterocycles. The van der Waals surface area contributed by atoms with Gasteiger partial charge < -0.3 is 9.84 Å². The van der Waals surface area contributed by atoms with Gasteiger partial charge in [0.2, 0.25) is 5.12 Å². The van der Waals surface area contributed by atoms with Gasteiger partial charge in [0.05, 0.1) is 6.10 Å². The van der Waals surface area contributed by atoms with Gasteiger partial charge in [-0.25, -0.2) is 8.78 Å². The molecule has 0 saturated heterocycles. The number of esters is 1. The number of hydrogen-bond donors (Lipinski definition) is 2. The summed E-state index contributed by atoms with van der Waals surface area (Å²) in [5.74, 6) is -2.94. The van der Waals surface area contributed by atoms with Gasteiger partial charge in [-0.3, -0.25) is 14.4 Å². The van der Waals surface area contributed by atoms with Gasteiger partial charge in [-0.1, -0.05) is 26.8 Å². The maximum atomic E-state index is 17.1. The third-order valence-electron chi connectivity index (χ3n) is 9.05. The van der Waals surface area contributed by atoms with Crippen molar-refractivity contribution in [2.24, 2.45) is 28.6 Å². The molecule has 0 aromatic carbocycles. The summed E-state index contributed by atoms with van der Waals surface area (Å²) in [6, 6.07) is 0. The normalized spacial score (nSPS) is 49.6. The highest BCUT2D eigenvalue weighted by Gasteiger charge is 2.77. The number of allylic oxidation sites excluding steroid dienone is 4. The fraction of sp³-hybridized carbons (Fsp3) is 0.708. The van der Waals surface area contributed by atoms with Crippen molar-refractivity contribution < 1.29 is 33.0 Å². The van der Waals surface area contributed by atoms with Crippen LogP contribution in [0.4, 0.5) is 8.78 Å². The Balaban J connectivity index is 1.87. The summed E-state index contributed by atoms with van der Waals surface area (Å²) in [7, 11) is 0. The first-order chi connectivity index (χ1) is 14.8. The Morgan fingerprint density at radius 1 is 1.28 bits per heavy atom. The van der Waals surface area contributed by atoms with E-state index in [4.69, 9.17) is 4.74 Å². The molecular weight excluding hydrogens is 438 g/mol. The van der Waals surface area contributed by atoms with Gasteiger partial charge in [0.1, 0.15) is 6.17 Å². The first-order valence-corrected chi connectivity index (χ1v) is 11.7. The van der Waals surface area contributed by atoms with Crippen LogP contribution in [0.1, 0.15) is 53.4 Å². The number of ketones is 1. The monoisotopic (exact) mass is 468 g/mol. The van der Waals surface area contributed by atoms with E-state index in [1.807, 2.05) is 0 Å². The number of ether oxygens (including phenoxy) is 1. The third kappa shape index (κ3) is 2.62. The molecule has 4 aliphatic carbocycles. The number of hydrogen-bond acceptors (Lipinski definition) is 5. The second kappa shape index (κ2) is 7.23. The Labute approximate surface area is 192 Å². The van der Waals surface area contributed by atoms with E-state index < -0.39 is 69.0 Å². The molecule has 0 spiro atoms. The highest BCUT2D eigenvalue weighted by Crippen LogP contribution is 2.71. The van der Waals surface area contributed by atoms with E-state index in [-0.39, 0.29) is 24.8 Å². The first-order valence-electron chi connectivity index (χ1n) is 11.2. The fourth-order valence-electron chi connectivity index (χ4n) is 7.49. The zero-order valence-corrected chi connectivity index (χ0v) is 19.6. The molecule has 8 heteroatoms. The summed E-state index contributed by atoms with van der Waals surface area (Å²) >= 11 is 4.09. The lowest BCUT2D eigenvalue weighted by Crippen LogP contribution is -2.70. The smallest absolute Gasteiger partial charge is 0.306 e. The summed E-state index contributed by atoms with van der Waals surface area (Å²) in [5, 5.41) is 10.7. The topological polar surface area (TPSA) is 80.7 Å². The molecule has 5 nitrogen and oxygen atoms in total. The van der Waals surface area contributed by atoms with Crippen molar-refractivity contribution in [2.75, 3.05) is 0 Å². The van der Waals surface area contributed by atoms with E-state index in [0.29, 0.717) is 6.42 Å².